The SMILES string of the molecule is COc1ccc2sc(-c3ccc(SC)cc3)c(C#CC(C)(C)O)c2c1. The van der Waals surface area contributed by atoms with Crippen LogP contribution in [0.2, 0.25) is 0 Å². The smallest absolute Gasteiger partial charge is 0.120 e. The van der Waals surface area contributed by atoms with Crippen molar-refractivity contribution in [3.63, 3.8) is 0 Å². The van der Waals surface area contributed by atoms with Gasteiger partial charge in [-0.3, -0.25) is 0 Å². The number of thiophene rings is 1. The lowest BCUT2D eigenvalue weighted by Crippen LogP contribution is -2.14. The Bertz CT molecular complexity index is 952. The molecule has 3 rings (SSSR count). The molecule has 0 spiro atoms. The molecule has 0 bridgehead atoms. The molecular weight excluding hydrogens is 348 g/mol. The molecule has 0 atom stereocenters. The van der Waals surface area contributed by atoms with Crippen LogP contribution in [0.5, 0.6) is 5.75 Å². The van der Waals surface area contributed by atoms with Crippen molar-refractivity contribution in [2.24, 2.45) is 0 Å². The van der Waals surface area contributed by atoms with Gasteiger partial charge in [0, 0.05) is 15.0 Å². The number of methoxy groups -OCH3 is 1. The predicted molar refractivity (Wildman–Crippen MR) is 109 cm³/mol. The van der Waals surface area contributed by atoms with Gasteiger partial charge in [-0.2, -0.15) is 0 Å². The molecule has 0 aliphatic heterocycles. The largest absolute Gasteiger partial charge is 0.497 e. The normalized spacial score (nSPS) is 11.2. The van der Waals surface area contributed by atoms with Crippen molar-refractivity contribution in [3.8, 4) is 28.0 Å². The third-order valence-electron chi connectivity index (χ3n) is 3.74. The molecule has 0 aliphatic carbocycles. The molecule has 1 N–H and O–H groups in total. The Kier molecular flexibility index (Phi) is 5.10. The van der Waals surface area contributed by atoms with Crippen molar-refractivity contribution < 1.29 is 9.84 Å². The Morgan fingerprint density at radius 3 is 2.44 bits per heavy atom. The first-order chi connectivity index (χ1) is 11.9. The van der Waals surface area contributed by atoms with Crippen LogP contribution in [0.1, 0.15) is 19.4 Å². The highest BCUT2D eigenvalue weighted by Crippen LogP contribution is 2.40. The van der Waals surface area contributed by atoms with Crippen LogP contribution in [-0.2, 0) is 0 Å². The Morgan fingerprint density at radius 1 is 1.12 bits per heavy atom. The van der Waals surface area contributed by atoms with Gasteiger partial charge in [0.15, 0.2) is 0 Å². The zero-order valence-corrected chi connectivity index (χ0v) is 16.3. The first kappa shape index (κ1) is 17.9. The van der Waals surface area contributed by atoms with E-state index >= 15 is 0 Å². The van der Waals surface area contributed by atoms with Gasteiger partial charge in [-0.05, 0) is 56.0 Å². The van der Waals surface area contributed by atoms with Gasteiger partial charge in [0.1, 0.15) is 11.4 Å². The molecule has 2 aromatic carbocycles. The second kappa shape index (κ2) is 7.13. The van der Waals surface area contributed by atoms with Crippen molar-refractivity contribution >= 4 is 33.2 Å². The van der Waals surface area contributed by atoms with E-state index in [1.165, 1.54) is 4.90 Å². The number of fused-ring (bicyclic) bond motifs is 1. The minimum absolute atomic E-state index is 0.806. The van der Waals surface area contributed by atoms with Crippen LogP contribution < -0.4 is 4.74 Å². The molecule has 1 aromatic heterocycles. The average molecular weight is 369 g/mol. The van der Waals surface area contributed by atoms with E-state index in [1.54, 1.807) is 44.1 Å². The number of thioether (sulfide) groups is 1. The number of hydrogen-bond acceptors (Lipinski definition) is 4. The third kappa shape index (κ3) is 4.01. The van der Waals surface area contributed by atoms with Crippen molar-refractivity contribution in [2.45, 2.75) is 24.3 Å². The number of ether oxygens (including phenoxy) is 1. The summed E-state index contributed by atoms with van der Waals surface area (Å²) in [5.74, 6) is 6.96. The van der Waals surface area contributed by atoms with E-state index in [4.69, 9.17) is 4.74 Å². The zero-order chi connectivity index (χ0) is 18.0. The summed E-state index contributed by atoms with van der Waals surface area (Å²) in [6.07, 6.45) is 2.07. The first-order valence-corrected chi connectivity index (χ1v) is 9.96. The maximum absolute atomic E-state index is 10.0. The average Bonchev–Trinajstić information content (AvgIpc) is 2.97. The minimum atomic E-state index is -1.03. The number of rotatable bonds is 3. The highest BCUT2D eigenvalue weighted by atomic mass is 32.2. The van der Waals surface area contributed by atoms with Crippen LogP contribution in [0.25, 0.3) is 20.5 Å². The number of aliphatic hydroxyl groups is 1. The first-order valence-electron chi connectivity index (χ1n) is 7.92. The van der Waals surface area contributed by atoms with Crippen LogP contribution in [-0.4, -0.2) is 24.1 Å². The highest BCUT2D eigenvalue weighted by molar-refractivity contribution is 7.98. The van der Waals surface area contributed by atoms with E-state index < -0.39 is 5.60 Å². The van der Waals surface area contributed by atoms with E-state index in [0.717, 1.165) is 31.8 Å². The molecule has 3 aromatic rings. The molecule has 0 saturated heterocycles. The predicted octanol–water partition coefficient (Wildman–Crippen LogP) is 5.42. The van der Waals surface area contributed by atoms with Gasteiger partial charge in [0.25, 0.3) is 0 Å². The molecule has 0 saturated carbocycles. The summed E-state index contributed by atoms with van der Waals surface area (Å²) < 4.78 is 6.53. The van der Waals surface area contributed by atoms with Crippen molar-refractivity contribution in [3.05, 3.63) is 48.0 Å². The van der Waals surface area contributed by atoms with Crippen LogP contribution in [0.3, 0.4) is 0 Å². The Morgan fingerprint density at radius 2 is 1.84 bits per heavy atom. The van der Waals surface area contributed by atoms with Gasteiger partial charge in [0.2, 0.25) is 0 Å². The summed E-state index contributed by atoms with van der Waals surface area (Å²) in [5, 5.41) is 11.1. The molecule has 0 fully saturated rings. The standard InChI is InChI=1S/C21H20O2S2/c1-21(2,22)12-11-17-18-13-15(23-3)7-10-19(18)25-20(17)14-5-8-16(24-4)9-6-14/h5-10,13,22H,1-4H3. The molecule has 4 heteroatoms. The molecule has 0 unspecified atom stereocenters. The van der Waals surface area contributed by atoms with Gasteiger partial charge in [-0.25, -0.2) is 0 Å². The quantitative estimate of drug-likeness (QED) is 0.494. The molecule has 1 heterocycles. The second-order valence-corrected chi connectivity index (χ2v) is 8.14. The third-order valence-corrected chi connectivity index (χ3v) is 5.70. The van der Waals surface area contributed by atoms with Gasteiger partial charge in [0.05, 0.1) is 17.6 Å². The summed E-state index contributed by atoms with van der Waals surface area (Å²) in [7, 11) is 1.66. The molecule has 0 radical (unpaired) electrons. The Hall–Kier alpha value is -1.93. The lowest BCUT2D eigenvalue weighted by molar-refractivity contribution is 0.143. The van der Waals surface area contributed by atoms with E-state index in [1.807, 2.05) is 12.1 Å². The van der Waals surface area contributed by atoms with E-state index in [9.17, 15) is 5.11 Å². The fourth-order valence-electron chi connectivity index (χ4n) is 2.49. The van der Waals surface area contributed by atoms with Crippen LogP contribution in [0.4, 0.5) is 0 Å². The summed E-state index contributed by atoms with van der Waals surface area (Å²) in [4.78, 5) is 2.35. The van der Waals surface area contributed by atoms with Crippen molar-refractivity contribution in [2.75, 3.05) is 13.4 Å². The number of hydrogen-bond donors (Lipinski definition) is 1. The van der Waals surface area contributed by atoms with Crippen LogP contribution in [0, 0.1) is 11.8 Å². The molecular formula is C21H20O2S2. The fraction of sp³-hybridized carbons (Fsp3) is 0.238. The Balaban J connectivity index is 2.23. The minimum Gasteiger partial charge on any atom is -0.497 e. The summed E-state index contributed by atoms with van der Waals surface area (Å²) in [5.41, 5.74) is 1.04. The summed E-state index contributed by atoms with van der Waals surface area (Å²) >= 11 is 3.44. The second-order valence-electron chi connectivity index (χ2n) is 6.21. The monoisotopic (exact) mass is 368 g/mol. The molecule has 2 nitrogen and oxygen atoms in total. The van der Waals surface area contributed by atoms with Gasteiger partial charge < -0.3 is 9.84 Å². The van der Waals surface area contributed by atoms with Crippen molar-refractivity contribution in [1.82, 2.24) is 0 Å². The lowest BCUT2D eigenvalue weighted by atomic mass is 10.0. The van der Waals surface area contributed by atoms with Crippen LogP contribution >= 0.6 is 23.1 Å². The van der Waals surface area contributed by atoms with E-state index in [-0.39, 0.29) is 0 Å². The summed E-state index contributed by atoms with van der Waals surface area (Å²) in [6, 6.07) is 14.5. The molecule has 0 aliphatic rings. The highest BCUT2D eigenvalue weighted by Gasteiger charge is 2.15. The molecule has 0 amide bonds. The number of benzene rings is 2. The van der Waals surface area contributed by atoms with Crippen LogP contribution in [0.15, 0.2) is 47.4 Å². The maximum Gasteiger partial charge on any atom is 0.120 e. The molecule has 25 heavy (non-hydrogen) atoms. The lowest BCUT2D eigenvalue weighted by Gasteiger charge is -2.07. The fourth-order valence-corrected chi connectivity index (χ4v) is 4.04. The zero-order valence-electron chi connectivity index (χ0n) is 14.7. The van der Waals surface area contributed by atoms with Gasteiger partial charge >= 0.3 is 0 Å². The van der Waals surface area contributed by atoms with E-state index in [0.29, 0.717) is 0 Å². The van der Waals surface area contributed by atoms with Gasteiger partial charge in [-0.15, -0.1) is 23.1 Å². The topological polar surface area (TPSA) is 29.5 Å². The summed E-state index contributed by atoms with van der Waals surface area (Å²) in [6.45, 7) is 3.39. The Labute approximate surface area is 156 Å². The molecule has 128 valence electrons. The van der Waals surface area contributed by atoms with Crippen molar-refractivity contribution in [1.29, 1.82) is 0 Å². The van der Waals surface area contributed by atoms with E-state index in [2.05, 4.69) is 48.4 Å². The van der Waals surface area contributed by atoms with Gasteiger partial charge in [-0.1, -0.05) is 24.0 Å². The maximum atomic E-state index is 10.0.